The molecular weight excluding hydrogens is 544 g/mol. The molecule has 6 atom stereocenters. The van der Waals surface area contributed by atoms with Gasteiger partial charge < -0.3 is 19.6 Å². The zero-order valence-corrected chi connectivity index (χ0v) is 23.4. The number of carbonyl (C=O) groups is 3. The van der Waals surface area contributed by atoms with Crippen molar-refractivity contribution in [1.29, 1.82) is 0 Å². The van der Waals surface area contributed by atoms with E-state index in [2.05, 4.69) is 29.1 Å². The maximum atomic E-state index is 14.4. The van der Waals surface area contributed by atoms with Crippen LogP contribution in [0.25, 0.3) is 0 Å². The molecule has 200 valence electrons. The van der Waals surface area contributed by atoms with Gasteiger partial charge in [0.25, 0.3) is 0 Å². The number of thioether (sulfide) groups is 1. The molecule has 2 bridgehead atoms. The minimum atomic E-state index is -0.657. The molecule has 1 aliphatic carbocycles. The summed E-state index contributed by atoms with van der Waals surface area (Å²) in [5.41, 5.74) is 0. The Labute approximate surface area is 227 Å². The minimum absolute atomic E-state index is 0.00670. The molecule has 1 spiro atoms. The smallest absolute Gasteiger partial charge is 0.311 e. The number of fused-ring (bicyclic) bond motifs is 1. The lowest BCUT2D eigenvalue weighted by atomic mass is 9.71. The summed E-state index contributed by atoms with van der Waals surface area (Å²) in [6, 6.07) is -0.457. The minimum Gasteiger partial charge on any atom is -0.461 e. The third-order valence-corrected chi connectivity index (χ3v) is 11.5. The molecule has 3 heterocycles. The van der Waals surface area contributed by atoms with E-state index in [1.54, 1.807) is 22.7 Å². The van der Waals surface area contributed by atoms with Gasteiger partial charge in [-0.25, -0.2) is 0 Å². The Hall–Kier alpha value is -1.32. The van der Waals surface area contributed by atoms with Gasteiger partial charge in [-0.1, -0.05) is 53.9 Å². The Morgan fingerprint density at radius 1 is 1.19 bits per heavy atom. The molecule has 0 aromatic heterocycles. The van der Waals surface area contributed by atoms with E-state index in [1.807, 2.05) is 4.90 Å². The van der Waals surface area contributed by atoms with Crippen LogP contribution in [-0.2, 0) is 19.1 Å². The molecule has 3 unspecified atom stereocenters. The van der Waals surface area contributed by atoms with Crippen molar-refractivity contribution in [2.24, 2.45) is 11.8 Å². The first-order chi connectivity index (χ1) is 17.4. The van der Waals surface area contributed by atoms with Crippen LogP contribution in [0.15, 0.2) is 25.3 Å². The van der Waals surface area contributed by atoms with Crippen LogP contribution in [0.2, 0.25) is 0 Å². The normalized spacial score (nSPS) is 33.4. The number of carbonyl (C=O) groups excluding carboxylic acids is 3. The van der Waals surface area contributed by atoms with Gasteiger partial charge in [0.15, 0.2) is 0 Å². The van der Waals surface area contributed by atoms with Crippen molar-refractivity contribution in [3.63, 3.8) is 0 Å². The van der Waals surface area contributed by atoms with E-state index in [4.69, 9.17) is 4.74 Å². The Balaban J connectivity index is 1.69. The van der Waals surface area contributed by atoms with Crippen LogP contribution in [0.4, 0.5) is 0 Å². The van der Waals surface area contributed by atoms with E-state index in [1.165, 1.54) is 12.5 Å². The quantitative estimate of drug-likeness (QED) is 0.163. The highest BCUT2D eigenvalue weighted by Gasteiger charge is 2.76. The summed E-state index contributed by atoms with van der Waals surface area (Å²) in [5.74, 6) is -1.63. The largest absolute Gasteiger partial charge is 0.461 e. The molecule has 1 N–H and O–H groups in total. The molecule has 3 saturated heterocycles. The average Bonchev–Trinajstić information content (AvgIpc) is 3.47. The number of halogens is 1. The SMILES string of the molecule is C=CCOC(=O)[C@H]1[C@@H]2SC3(CC2Br)C(C(=O)N(CC=C)C2CCCCC2)N(CCCCCO)C(=O)[C@H]13. The molecule has 36 heavy (non-hydrogen) atoms. The molecular formula is C27H39BrN2O5S. The zero-order valence-electron chi connectivity index (χ0n) is 21.0. The van der Waals surface area contributed by atoms with Gasteiger partial charge in [-0.05, 0) is 38.5 Å². The molecule has 0 aromatic carbocycles. The summed E-state index contributed by atoms with van der Waals surface area (Å²) in [7, 11) is 0. The molecule has 0 radical (unpaired) electrons. The number of alkyl halides is 1. The number of amides is 2. The monoisotopic (exact) mass is 582 g/mol. The Morgan fingerprint density at radius 2 is 1.94 bits per heavy atom. The second-order valence-corrected chi connectivity index (χ2v) is 13.2. The standard InChI is InChI=1S/C27H39BrN2O5S/c1-3-13-29(18-11-7-5-8-12-18)25(33)23-27-17-19(28)22(36-27)20(26(34)35-16-4-2)21(27)24(32)30(23)14-9-6-10-15-31/h3-4,18-23,31H,1-2,5-17H2/t19?,20-,21+,22-,23?,27?/m1/s1. The van der Waals surface area contributed by atoms with E-state index in [-0.39, 0.29) is 47.1 Å². The van der Waals surface area contributed by atoms with Crippen molar-refractivity contribution in [3.05, 3.63) is 25.3 Å². The van der Waals surface area contributed by atoms with Crippen molar-refractivity contribution < 1.29 is 24.2 Å². The summed E-state index contributed by atoms with van der Waals surface area (Å²) in [6.45, 7) is 8.68. The number of aliphatic hydroxyl groups is 1. The number of ether oxygens (including phenoxy) is 1. The van der Waals surface area contributed by atoms with E-state index in [0.717, 1.165) is 32.1 Å². The third kappa shape index (κ3) is 4.92. The lowest BCUT2D eigenvalue weighted by Crippen LogP contribution is -2.57. The van der Waals surface area contributed by atoms with Gasteiger partial charge in [0.2, 0.25) is 11.8 Å². The number of esters is 1. The molecule has 4 aliphatic rings. The summed E-state index contributed by atoms with van der Waals surface area (Å²) in [4.78, 5) is 45.4. The van der Waals surface area contributed by atoms with Gasteiger partial charge in [0.1, 0.15) is 12.6 Å². The van der Waals surface area contributed by atoms with Gasteiger partial charge in [-0.3, -0.25) is 14.4 Å². The predicted molar refractivity (Wildman–Crippen MR) is 145 cm³/mol. The van der Waals surface area contributed by atoms with Crippen molar-refractivity contribution in [3.8, 4) is 0 Å². The fourth-order valence-electron chi connectivity index (χ4n) is 6.83. The van der Waals surface area contributed by atoms with E-state index in [9.17, 15) is 19.5 Å². The molecule has 4 fully saturated rings. The van der Waals surface area contributed by atoms with Crippen LogP contribution < -0.4 is 0 Å². The third-order valence-electron chi connectivity index (χ3n) is 8.32. The van der Waals surface area contributed by atoms with E-state index < -0.39 is 22.6 Å². The lowest BCUT2D eigenvalue weighted by molar-refractivity contribution is -0.153. The van der Waals surface area contributed by atoms with Crippen LogP contribution in [0.1, 0.15) is 57.8 Å². The number of likely N-dealkylation sites (tertiary alicyclic amines) is 1. The van der Waals surface area contributed by atoms with Crippen LogP contribution in [0, 0.1) is 11.8 Å². The van der Waals surface area contributed by atoms with Crippen molar-refractivity contribution in [2.45, 2.75) is 84.7 Å². The first-order valence-corrected chi connectivity index (χ1v) is 15.1. The average molecular weight is 584 g/mol. The summed E-state index contributed by atoms with van der Waals surface area (Å²) in [5, 5.41) is 9.11. The lowest BCUT2D eigenvalue weighted by Gasteiger charge is -2.41. The number of unbranched alkanes of at least 4 members (excludes halogenated alkanes) is 2. The van der Waals surface area contributed by atoms with E-state index >= 15 is 0 Å². The summed E-state index contributed by atoms with van der Waals surface area (Å²) in [6.07, 6.45) is 11.5. The number of nitrogens with zero attached hydrogens (tertiary/aromatic N) is 2. The Bertz CT molecular complexity index is 865. The van der Waals surface area contributed by atoms with Crippen molar-refractivity contribution in [2.75, 3.05) is 26.3 Å². The topological polar surface area (TPSA) is 87.2 Å². The number of rotatable bonds is 12. The maximum absolute atomic E-state index is 14.4. The summed E-state index contributed by atoms with van der Waals surface area (Å²) < 4.78 is 4.80. The maximum Gasteiger partial charge on any atom is 0.311 e. The van der Waals surface area contributed by atoms with Crippen LogP contribution >= 0.6 is 27.7 Å². The molecule has 0 aromatic rings. The van der Waals surface area contributed by atoms with Crippen LogP contribution in [0.5, 0.6) is 0 Å². The molecule has 3 aliphatic heterocycles. The van der Waals surface area contributed by atoms with Gasteiger partial charge in [0.05, 0.1) is 16.6 Å². The van der Waals surface area contributed by atoms with Crippen LogP contribution in [0.3, 0.4) is 0 Å². The molecule has 7 nitrogen and oxygen atoms in total. The molecule has 4 rings (SSSR count). The number of hydrogen-bond donors (Lipinski definition) is 1. The van der Waals surface area contributed by atoms with Crippen LogP contribution in [-0.4, -0.2) is 85.9 Å². The van der Waals surface area contributed by atoms with E-state index in [0.29, 0.717) is 32.4 Å². The fourth-order valence-corrected chi connectivity index (χ4v) is 10.4. The Morgan fingerprint density at radius 3 is 2.61 bits per heavy atom. The first-order valence-electron chi connectivity index (χ1n) is 13.3. The molecule has 2 amide bonds. The Kier molecular flexibility index (Phi) is 9.26. The number of hydrogen-bond acceptors (Lipinski definition) is 6. The van der Waals surface area contributed by atoms with Crippen molar-refractivity contribution in [1.82, 2.24) is 9.80 Å². The first kappa shape index (κ1) is 27.7. The molecule has 1 saturated carbocycles. The second-order valence-electron chi connectivity index (χ2n) is 10.5. The fraction of sp³-hybridized carbons (Fsp3) is 0.741. The second kappa shape index (κ2) is 12.0. The zero-order chi connectivity index (χ0) is 25.9. The van der Waals surface area contributed by atoms with Gasteiger partial charge in [-0.15, -0.1) is 18.3 Å². The highest BCUT2D eigenvalue weighted by molar-refractivity contribution is 9.09. The highest BCUT2D eigenvalue weighted by atomic mass is 79.9. The van der Waals surface area contributed by atoms with Crippen molar-refractivity contribution >= 4 is 45.5 Å². The van der Waals surface area contributed by atoms with Gasteiger partial charge >= 0.3 is 5.97 Å². The summed E-state index contributed by atoms with van der Waals surface area (Å²) >= 11 is 5.44. The number of aliphatic hydroxyl groups excluding tert-OH is 1. The van der Waals surface area contributed by atoms with Gasteiger partial charge in [0, 0.05) is 35.8 Å². The molecule has 9 heteroatoms. The predicted octanol–water partition coefficient (Wildman–Crippen LogP) is 3.69. The highest BCUT2D eigenvalue weighted by Crippen LogP contribution is 2.68. The van der Waals surface area contributed by atoms with Gasteiger partial charge in [-0.2, -0.15) is 0 Å².